The Bertz CT molecular complexity index is 622. The molecule has 0 saturated carbocycles. The van der Waals surface area contributed by atoms with E-state index in [2.05, 4.69) is 15.0 Å². The number of carbonyl (C=O) groups is 2. The summed E-state index contributed by atoms with van der Waals surface area (Å²) in [6.45, 7) is 0. The van der Waals surface area contributed by atoms with Crippen molar-refractivity contribution in [3.05, 3.63) is 24.7 Å². The van der Waals surface area contributed by atoms with Gasteiger partial charge in [-0.2, -0.15) is 4.98 Å². The van der Waals surface area contributed by atoms with E-state index in [0.29, 0.717) is 11.0 Å². The lowest BCUT2D eigenvalue weighted by Crippen LogP contribution is -2.32. The first-order valence-corrected chi connectivity index (χ1v) is 5.35. The van der Waals surface area contributed by atoms with Crippen LogP contribution >= 0.6 is 0 Å². The van der Waals surface area contributed by atoms with Crippen molar-refractivity contribution in [1.29, 1.82) is 0 Å². The highest BCUT2D eigenvalue weighted by Gasteiger charge is 2.32. The van der Waals surface area contributed by atoms with Crippen LogP contribution in [-0.2, 0) is 9.59 Å². The lowest BCUT2D eigenvalue weighted by Gasteiger charge is -2.13. The van der Waals surface area contributed by atoms with Crippen molar-refractivity contribution in [3.63, 3.8) is 0 Å². The zero-order valence-corrected chi connectivity index (χ0v) is 9.24. The maximum absolute atomic E-state index is 11.4. The van der Waals surface area contributed by atoms with Crippen molar-refractivity contribution >= 4 is 22.8 Å². The quantitative estimate of drug-likeness (QED) is 0.714. The number of rotatable bonds is 2. The molecule has 0 aliphatic carbocycles. The van der Waals surface area contributed by atoms with Gasteiger partial charge in [0.05, 0.1) is 5.52 Å². The van der Waals surface area contributed by atoms with E-state index in [4.69, 9.17) is 4.84 Å². The number of hydrogen-bond acceptors (Lipinski definition) is 6. The second kappa shape index (κ2) is 4.02. The average molecular weight is 244 g/mol. The maximum atomic E-state index is 11.4. The molecule has 2 aromatic rings. The number of imide groups is 1. The summed E-state index contributed by atoms with van der Waals surface area (Å²) in [7, 11) is 0. The molecule has 1 aliphatic heterocycles. The van der Waals surface area contributed by atoms with Crippen molar-refractivity contribution in [1.82, 2.24) is 20.0 Å². The first-order valence-electron chi connectivity index (χ1n) is 5.35. The minimum Gasteiger partial charge on any atom is -0.346 e. The van der Waals surface area contributed by atoms with Crippen LogP contribution in [0.2, 0.25) is 0 Å². The van der Waals surface area contributed by atoms with Gasteiger partial charge >= 0.3 is 0 Å². The second-order valence-electron chi connectivity index (χ2n) is 3.72. The lowest BCUT2D eigenvalue weighted by molar-refractivity contribution is -0.164. The number of carbonyl (C=O) groups excluding carboxylic acids is 2. The van der Waals surface area contributed by atoms with E-state index >= 15 is 0 Å². The van der Waals surface area contributed by atoms with Crippen molar-refractivity contribution < 1.29 is 14.4 Å². The molecule has 7 heteroatoms. The van der Waals surface area contributed by atoms with Crippen molar-refractivity contribution in [3.8, 4) is 5.88 Å². The van der Waals surface area contributed by atoms with Crippen molar-refractivity contribution in [2.24, 2.45) is 0 Å². The maximum Gasteiger partial charge on any atom is 0.276 e. The summed E-state index contributed by atoms with van der Waals surface area (Å²) < 4.78 is 0. The molecule has 3 heterocycles. The molecule has 0 atom stereocenters. The smallest absolute Gasteiger partial charge is 0.276 e. The molecule has 0 bridgehead atoms. The third-order valence-corrected chi connectivity index (χ3v) is 2.54. The van der Waals surface area contributed by atoms with Gasteiger partial charge < -0.3 is 4.84 Å². The highest BCUT2D eigenvalue weighted by Crippen LogP contribution is 2.21. The molecule has 2 aromatic heterocycles. The lowest BCUT2D eigenvalue weighted by atomic mass is 10.4. The Kier molecular flexibility index (Phi) is 2.36. The SMILES string of the molecule is O=C1CCC(=O)N1Oc1ncnc2cccnc12. The molecule has 90 valence electrons. The second-order valence-corrected chi connectivity index (χ2v) is 3.72. The van der Waals surface area contributed by atoms with Gasteiger partial charge in [-0.15, -0.1) is 5.06 Å². The first kappa shape index (κ1) is 10.6. The van der Waals surface area contributed by atoms with Crippen LogP contribution in [0.4, 0.5) is 0 Å². The largest absolute Gasteiger partial charge is 0.346 e. The van der Waals surface area contributed by atoms with E-state index in [1.807, 2.05) is 0 Å². The Morgan fingerprint density at radius 2 is 1.89 bits per heavy atom. The third-order valence-electron chi connectivity index (χ3n) is 2.54. The van der Waals surface area contributed by atoms with Gasteiger partial charge in [0.1, 0.15) is 6.33 Å². The standard InChI is InChI=1S/C11H8N4O3/c16-8-3-4-9(17)15(8)18-11-10-7(13-6-14-11)2-1-5-12-10/h1-2,5-6H,3-4H2. The molecule has 2 amide bonds. The van der Waals surface area contributed by atoms with Gasteiger partial charge in [-0.05, 0) is 12.1 Å². The highest BCUT2D eigenvalue weighted by atomic mass is 16.7. The number of hydroxylamine groups is 2. The van der Waals surface area contributed by atoms with E-state index in [1.165, 1.54) is 6.33 Å². The third kappa shape index (κ3) is 1.65. The van der Waals surface area contributed by atoms with Gasteiger partial charge in [-0.25, -0.2) is 9.97 Å². The molecule has 0 radical (unpaired) electrons. The summed E-state index contributed by atoms with van der Waals surface area (Å²) in [5.74, 6) is -0.644. The molecular weight excluding hydrogens is 236 g/mol. The average Bonchev–Trinajstić information content (AvgIpc) is 2.71. The summed E-state index contributed by atoms with van der Waals surface area (Å²) in [4.78, 5) is 40.1. The number of pyridine rings is 1. The van der Waals surface area contributed by atoms with Crippen LogP contribution in [0.5, 0.6) is 5.88 Å². The number of hydrogen-bond donors (Lipinski definition) is 0. The van der Waals surface area contributed by atoms with Crippen LogP contribution < -0.4 is 4.84 Å². The molecule has 18 heavy (non-hydrogen) atoms. The zero-order chi connectivity index (χ0) is 12.5. The predicted octanol–water partition coefficient (Wildman–Crippen LogP) is 0.468. The van der Waals surface area contributed by atoms with Crippen molar-refractivity contribution in [2.45, 2.75) is 12.8 Å². The number of amides is 2. The topological polar surface area (TPSA) is 85.3 Å². The van der Waals surface area contributed by atoms with Gasteiger partial charge in [0.2, 0.25) is 0 Å². The molecule has 1 saturated heterocycles. The Labute approximate surface area is 101 Å². The normalized spacial score (nSPS) is 15.4. The van der Waals surface area contributed by atoms with E-state index in [0.717, 1.165) is 5.06 Å². The molecule has 0 spiro atoms. The van der Waals surface area contributed by atoms with Crippen LogP contribution in [-0.4, -0.2) is 31.8 Å². The Hall–Kier alpha value is -2.57. The molecular formula is C11H8N4O3. The van der Waals surface area contributed by atoms with Crippen LogP contribution in [0.3, 0.4) is 0 Å². The minimum absolute atomic E-state index is 0.101. The van der Waals surface area contributed by atoms with E-state index in [9.17, 15) is 9.59 Å². The Morgan fingerprint density at radius 1 is 1.11 bits per heavy atom. The van der Waals surface area contributed by atoms with Gasteiger partial charge in [-0.3, -0.25) is 9.59 Å². The number of aromatic nitrogens is 3. The van der Waals surface area contributed by atoms with E-state index < -0.39 is 0 Å². The van der Waals surface area contributed by atoms with E-state index in [1.54, 1.807) is 18.3 Å². The molecule has 0 unspecified atom stereocenters. The van der Waals surface area contributed by atoms with Gasteiger partial charge in [0, 0.05) is 19.0 Å². The summed E-state index contributed by atoms with van der Waals surface area (Å²) in [5.41, 5.74) is 0.995. The fourth-order valence-corrected chi connectivity index (χ4v) is 1.68. The van der Waals surface area contributed by atoms with Crippen molar-refractivity contribution in [2.75, 3.05) is 0 Å². The molecule has 0 aromatic carbocycles. The monoisotopic (exact) mass is 244 g/mol. The molecule has 0 N–H and O–H groups in total. The van der Waals surface area contributed by atoms with Crippen LogP contribution in [0.1, 0.15) is 12.8 Å². The molecule has 7 nitrogen and oxygen atoms in total. The highest BCUT2D eigenvalue weighted by molar-refractivity contribution is 6.01. The van der Waals surface area contributed by atoms with E-state index in [-0.39, 0.29) is 30.5 Å². The fourth-order valence-electron chi connectivity index (χ4n) is 1.68. The van der Waals surface area contributed by atoms with Gasteiger partial charge in [-0.1, -0.05) is 0 Å². The van der Waals surface area contributed by atoms with Gasteiger partial charge in [0.15, 0.2) is 5.52 Å². The molecule has 1 aliphatic rings. The molecule has 1 fully saturated rings. The van der Waals surface area contributed by atoms with Crippen LogP contribution in [0, 0.1) is 0 Å². The summed E-state index contributed by atoms with van der Waals surface area (Å²) in [6, 6.07) is 3.47. The minimum atomic E-state index is -0.373. The number of fused-ring (bicyclic) bond motifs is 1. The fraction of sp³-hybridized carbons (Fsp3) is 0.182. The van der Waals surface area contributed by atoms with Crippen LogP contribution in [0.25, 0.3) is 11.0 Å². The van der Waals surface area contributed by atoms with Gasteiger partial charge in [0.25, 0.3) is 17.7 Å². The Balaban J connectivity index is 2.00. The summed E-state index contributed by atoms with van der Waals surface area (Å²) >= 11 is 0. The van der Waals surface area contributed by atoms with Crippen LogP contribution in [0.15, 0.2) is 24.7 Å². The predicted molar refractivity (Wildman–Crippen MR) is 59.0 cm³/mol. The Morgan fingerprint density at radius 3 is 2.67 bits per heavy atom. The zero-order valence-electron chi connectivity index (χ0n) is 9.24. The summed E-state index contributed by atoms with van der Waals surface area (Å²) in [6.07, 6.45) is 3.18. The first-order chi connectivity index (χ1) is 8.75. The number of nitrogens with zero attached hydrogens (tertiary/aromatic N) is 4. The summed E-state index contributed by atoms with van der Waals surface area (Å²) in [5, 5.41) is 0.733. The molecule has 3 rings (SSSR count).